The van der Waals surface area contributed by atoms with Crippen molar-refractivity contribution in [2.24, 2.45) is 0 Å². The van der Waals surface area contributed by atoms with Crippen LogP contribution in [-0.4, -0.2) is 125 Å². The lowest BCUT2D eigenvalue weighted by molar-refractivity contribution is -0.142. The summed E-state index contributed by atoms with van der Waals surface area (Å²) in [7, 11) is 0. The molecular weight excluding hydrogens is 875 g/mol. The van der Waals surface area contributed by atoms with E-state index < -0.39 is 90.1 Å². The average Bonchev–Trinajstić information content (AvgIpc) is 3.24. The molecule has 0 unspecified atom stereocenters. The number of thiol groups is 1. The highest BCUT2D eigenvalue weighted by Crippen LogP contribution is 2.13. The van der Waals surface area contributed by atoms with Gasteiger partial charge in [-0.25, -0.2) is 19.6 Å². The van der Waals surface area contributed by atoms with E-state index in [1.807, 2.05) is 0 Å². The minimum atomic E-state index is -1.57. The molecule has 0 spiro atoms. The van der Waals surface area contributed by atoms with Gasteiger partial charge in [0.05, 0.1) is 18.4 Å². The minimum Gasteiger partial charge on any atom is -0.480 e. The van der Waals surface area contributed by atoms with Crippen LogP contribution in [0.2, 0.25) is 0 Å². The molecule has 0 aliphatic carbocycles. The number of carbonyl (C=O) groups is 10. The van der Waals surface area contributed by atoms with Gasteiger partial charge in [0.2, 0.25) is 29.6 Å². The summed E-state index contributed by atoms with van der Waals surface area (Å²) in [6, 6.07) is -1.53. The summed E-state index contributed by atoms with van der Waals surface area (Å²) in [5, 5.41) is 34.1. The number of aliphatic carboxylic acids is 2. The number of nitrogens with zero attached hydrogens (tertiary/aromatic N) is 3. The lowest BCUT2D eigenvalue weighted by Crippen LogP contribution is -2.58. The Balaban J connectivity index is 1.66. The molecule has 3 aromatic rings. The van der Waals surface area contributed by atoms with Crippen LogP contribution >= 0.6 is 12.6 Å². The fourth-order valence-corrected chi connectivity index (χ4v) is 6.13. The van der Waals surface area contributed by atoms with E-state index in [9.17, 15) is 63.0 Å². The first-order chi connectivity index (χ1) is 30.7. The van der Waals surface area contributed by atoms with Gasteiger partial charge in [-0.05, 0) is 70.7 Å². The summed E-state index contributed by atoms with van der Waals surface area (Å²) in [6.45, 7) is 3.84. The quantitative estimate of drug-likeness (QED) is 0.0406. The molecule has 5 atom stereocenters. The van der Waals surface area contributed by atoms with Crippen LogP contribution in [0.4, 0.5) is 11.6 Å². The number of carboxylic acid groups (broad SMARTS) is 2. The van der Waals surface area contributed by atoms with Gasteiger partial charge in [-0.2, -0.15) is 17.6 Å². The van der Waals surface area contributed by atoms with E-state index in [-0.39, 0.29) is 90.8 Å². The summed E-state index contributed by atoms with van der Waals surface area (Å²) < 4.78 is 0. The number of hydrogen-bond acceptors (Lipinski definition) is 17. The second kappa shape index (κ2) is 25.1. The van der Waals surface area contributed by atoms with Gasteiger partial charge >= 0.3 is 11.9 Å². The van der Waals surface area contributed by atoms with Crippen LogP contribution < -0.4 is 43.2 Å². The molecule has 0 bridgehead atoms. The summed E-state index contributed by atoms with van der Waals surface area (Å²) in [4.78, 5) is 152. The van der Waals surface area contributed by atoms with Crippen molar-refractivity contribution in [3.8, 4) is 0 Å². The van der Waals surface area contributed by atoms with Crippen LogP contribution in [0.25, 0.3) is 11.2 Å². The predicted octanol–water partition coefficient (Wildman–Crippen LogP) is -1.07. The van der Waals surface area contributed by atoms with E-state index in [4.69, 9.17) is 5.73 Å². The van der Waals surface area contributed by atoms with Crippen molar-refractivity contribution < 1.29 is 58.2 Å². The monoisotopic (exact) mass is 925 g/mol. The standard InChI is InChI=1S/C40H51N11O13S/c1-19(52)4-11-25(34(57)46-26(12-5-20(2)53)35(58)47-27(13-6-21(3)54)36(59)49-29(18-65)39(63)64)45-30(55)15-14-28(38(61)62)48-33(56)22-7-9-23(10-8-22)42-16-24-17-43-32-31(44-24)37(60)51-40(41)50-32/h7-10,17,25-29,42,65H,4-6,11-16,18H2,1-3H3,(H,45,55)(H,46,57)(H,47,58)(H,48,56)(H,49,59)(H,61,62)(H,63,64)(H3,41,43,50,51,60)/t25-,26-,27-,28-,29-/m0/s1. The third kappa shape index (κ3) is 17.4. The van der Waals surface area contributed by atoms with Crippen molar-refractivity contribution in [3.05, 3.63) is 52.1 Å². The molecule has 0 radical (unpaired) electrons. The van der Waals surface area contributed by atoms with Gasteiger partial charge in [0.1, 0.15) is 47.6 Å². The van der Waals surface area contributed by atoms with Gasteiger partial charge in [-0.3, -0.25) is 33.8 Å². The Labute approximate surface area is 375 Å². The number of aromatic nitrogens is 4. The number of nitrogens with two attached hydrogens (primary N) is 1. The Morgan fingerprint density at radius 2 is 1.14 bits per heavy atom. The Kier molecular flexibility index (Phi) is 20.1. The fraction of sp³-hybridized carbons (Fsp3) is 0.450. The molecule has 3 rings (SSSR count). The van der Waals surface area contributed by atoms with E-state index in [1.165, 1.54) is 51.2 Å². The van der Waals surface area contributed by atoms with E-state index in [2.05, 4.69) is 64.5 Å². The zero-order chi connectivity index (χ0) is 48.4. The third-order valence-corrected chi connectivity index (χ3v) is 9.81. The van der Waals surface area contributed by atoms with E-state index in [0.717, 1.165) is 0 Å². The topological polar surface area (TPSA) is 381 Å². The molecule has 2 heterocycles. The first-order valence-electron chi connectivity index (χ1n) is 20.1. The number of carbonyl (C=O) groups excluding carboxylic acids is 8. The van der Waals surface area contributed by atoms with E-state index in [0.29, 0.717) is 11.4 Å². The van der Waals surface area contributed by atoms with Crippen molar-refractivity contribution >= 4 is 94.3 Å². The maximum atomic E-state index is 13.6. The summed E-state index contributed by atoms with van der Waals surface area (Å²) in [6.07, 6.45) is -0.971. The minimum absolute atomic E-state index is 0.00835. The fourth-order valence-electron chi connectivity index (χ4n) is 5.88. The summed E-state index contributed by atoms with van der Waals surface area (Å²) in [5.74, 6) is -8.91. The number of fused-ring (bicyclic) bond motifs is 1. The highest BCUT2D eigenvalue weighted by atomic mass is 32.1. The van der Waals surface area contributed by atoms with Crippen LogP contribution in [-0.2, 0) is 49.7 Å². The number of benzene rings is 1. The number of H-pyrrole nitrogens is 1. The first kappa shape index (κ1) is 52.0. The Hall–Kier alpha value is -7.31. The molecule has 0 saturated carbocycles. The Morgan fingerprint density at radius 1 is 0.662 bits per heavy atom. The molecule has 0 fully saturated rings. The second-order valence-electron chi connectivity index (χ2n) is 14.9. The molecule has 5 amide bonds. The Morgan fingerprint density at radius 3 is 1.62 bits per heavy atom. The molecule has 0 aliphatic rings. The second-order valence-corrected chi connectivity index (χ2v) is 15.2. The van der Waals surface area contributed by atoms with Crippen molar-refractivity contribution in [2.45, 2.75) is 109 Å². The highest BCUT2D eigenvalue weighted by molar-refractivity contribution is 7.80. The number of aromatic amines is 1. The molecular formula is C40H51N11O13S. The number of hydrogen-bond donors (Lipinski definition) is 11. The number of carboxylic acids is 2. The maximum absolute atomic E-state index is 13.6. The predicted molar refractivity (Wildman–Crippen MR) is 233 cm³/mol. The van der Waals surface area contributed by atoms with Gasteiger partial charge in [0.25, 0.3) is 11.5 Å². The molecule has 25 heteroatoms. The smallest absolute Gasteiger partial charge is 0.327 e. The number of Topliss-reactive ketones (excluding diaryl/α,β-unsaturated/α-hetero) is 3. The molecule has 2 aromatic heterocycles. The molecule has 0 saturated heterocycles. The van der Waals surface area contributed by atoms with Gasteiger partial charge < -0.3 is 62.2 Å². The van der Waals surface area contributed by atoms with Gasteiger partial charge in [0.15, 0.2) is 11.2 Å². The van der Waals surface area contributed by atoms with Crippen LogP contribution in [0.5, 0.6) is 0 Å². The Bertz CT molecular complexity index is 2340. The lowest BCUT2D eigenvalue weighted by Gasteiger charge is -2.26. The number of amides is 5. The van der Waals surface area contributed by atoms with E-state index in [1.54, 1.807) is 0 Å². The largest absolute Gasteiger partial charge is 0.480 e. The van der Waals surface area contributed by atoms with Crippen molar-refractivity contribution in [1.29, 1.82) is 0 Å². The molecule has 24 nitrogen and oxygen atoms in total. The SMILES string of the molecule is CC(=O)CC[C@H](NC(=O)CC[C@H](NC(=O)c1ccc(NCc2cnc3nc(N)[nH]c(=O)c3n2)cc1)C(=O)O)C(=O)N[C@@H](CCC(C)=O)C(=O)N[C@@H](CCC(C)=O)C(=O)N[C@@H](CS)C(=O)O. The van der Waals surface area contributed by atoms with Crippen molar-refractivity contribution in [3.63, 3.8) is 0 Å². The molecule has 65 heavy (non-hydrogen) atoms. The average molecular weight is 926 g/mol. The normalized spacial score (nSPS) is 13.2. The number of rotatable bonds is 27. The number of ketones is 3. The lowest BCUT2D eigenvalue weighted by atomic mass is 10.0. The van der Waals surface area contributed by atoms with Crippen LogP contribution in [0.15, 0.2) is 35.3 Å². The maximum Gasteiger partial charge on any atom is 0.327 e. The number of nitrogens with one attached hydrogen (secondary N) is 7. The van der Waals surface area contributed by atoms with Gasteiger partial charge in [-0.1, -0.05) is 0 Å². The van der Waals surface area contributed by atoms with Gasteiger partial charge in [-0.15, -0.1) is 0 Å². The first-order valence-corrected chi connectivity index (χ1v) is 20.7. The van der Waals surface area contributed by atoms with Crippen molar-refractivity contribution in [1.82, 2.24) is 46.5 Å². The van der Waals surface area contributed by atoms with Gasteiger partial charge in [0, 0.05) is 42.7 Å². The molecule has 0 aliphatic heterocycles. The highest BCUT2D eigenvalue weighted by Gasteiger charge is 2.32. The zero-order valence-corrected chi connectivity index (χ0v) is 36.5. The number of anilines is 2. The summed E-state index contributed by atoms with van der Waals surface area (Å²) in [5.41, 5.74) is 6.04. The van der Waals surface area contributed by atoms with Crippen LogP contribution in [0.1, 0.15) is 88.2 Å². The molecule has 11 N–H and O–H groups in total. The zero-order valence-electron chi connectivity index (χ0n) is 35.6. The van der Waals surface area contributed by atoms with Crippen LogP contribution in [0, 0.1) is 0 Å². The molecule has 350 valence electrons. The van der Waals surface area contributed by atoms with Crippen LogP contribution in [0.3, 0.4) is 0 Å². The van der Waals surface area contributed by atoms with Crippen molar-refractivity contribution in [2.75, 3.05) is 16.8 Å². The van der Waals surface area contributed by atoms with E-state index >= 15 is 0 Å². The molecule has 1 aromatic carbocycles. The third-order valence-electron chi connectivity index (χ3n) is 9.44. The number of nitrogen functional groups attached to an aromatic ring is 1. The summed E-state index contributed by atoms with van der Waals surface area (Å²) >= 11 is 3.90.